The first-order valence-corrected chi connectivity index (χ1v) is 9.99. The van der Waals surface area contributed by atoms with Crippen molar-refractivity contribution < 1.29 is 38.7 Å². The Morgan fingerprint density at radius 1 is 1.34 bits per heavy atom. The summed E-state index contributed by atoms with van der Waals surface area (Å²) in [6, 6.07) is 5.54. The van der Waals surface area contributed by atoms with Crippen LogP contribution in [0.25, 0.3) is 17.4 Å². The summed E-state index contributed by atoms with van der Waals surface area (Å²) in [4.78, 5) is 46.7. The molecule has 1 fully saturated rings. The normalized spacial score (nSPS) is 15.8. The monoisotopic (exact) mass is 478 g/mol. The zero-order valence-corrected chi connectivity index (χ0v) is 17.8. The Kier molecular flexibility index (Phi) is 6.60. The van der Waals surface area contributed by atoms with Crippen LogP contribution in [-0.2, 0) is 14.4 Å². The zero-order valence-electron chi connectivity index (χ0n) is 16.2. The number of carbonyl (C=O) groups excluding carboxylic acids is 1. The van der Waals surface area contributed by atoms with Crippen molar-refractivity contribution in [1.29, 1.82) is 0 Å². The number of amides is 1. The number of carbonyl (C=O) groups is 3. The Hall–Kier alpha value is -3.71. The number of carboxylic acid groups (broad SMARTS) is 2. The van der Waals surface area contributed by atoms with Crippen LogP contribution in [0.1, 0.15) is 12.2 Å². The average molecular weight is 478 g/mol. The van der Waals surface area contributed by atoms with E-state index in [1.165, 1.54) is 43.5 Å². The number of nitro groups is 1. The molecule has 1 aromatic heterocycles. The van der Waals surface area contributed by atoms with Crippen LogP contribution in [0.2, 0.25) is 0 Å². The standard InChI is InChI=1S/C19H14N2O9S2/c1-29-9-2-4-11(12(6-9)21(27)28)14-5-3-10(30-14)7-15-17(24)20(19(31)32-15)13(18(25)26)8-16(22)23/h2-7,13H,8H2,1H3,(H,22,23)(H,25,26)/b15-7-/t13-/m1/s1. The maximum Gasteiger partial charge on any atom is 0.327 e. The topological polar surface area (TPSA) is 160 Å². The molecule has 0 radical (unpaired) electrons. The van der Waals surface area contributed by atoms with Gasteiger partial charge in [0.25, 0.3) is 11.6 Å². The van der Waals surface area contributed by atoms with Crippen LogP contribution < -0.4 is 4.74 Å². The third-order valence-electron chi connectivity index (χ3n) is 4.36. The van der Waals surface area contributed by atoms with Gasteiger partial charge in [-0.1, -0.05) is 24.0 Å². The second-order valence-electron chi connectivity index (χ2n) is 6.35. The number of benzene rings is 1. The van der Waals surface area contributed by atoms with E-state index in [4.69, 9.17) is 26.5 Å². The van der Waals surface area contributed by atoms with Crippen LogP contribution in [-0.4, -0.2) is 55.4 Å². The average Bonchev–Trinajstić information content (AvgIpc) is 3.30. The van der Waals surface area contributed by atoms with Crippen molar-refractivity contribution in [1.82, 2.24) is 4.90 Å². The van der Waals surface area contributed by atoms with Crippen LogP contribution in [0.5, 0.6) is 5.75 Å². The first kappa shape index (κ1) is 23.0. The molecule has 2 heterocycles. The lowest BCUT2D eigenvalue weighted by Crippen LogP contribution is -2.45. The predicted octanol–water partition coefficient (Wildman–Crippen LogP) is 2.99. The number of hydrogen-bond acceptors (Lipinski definition) is 9. The van der Waals surface area contributed by atoms with E-state index in [2.05, 4.69) is 0 Å². The van der Waals surface area contributed by atoms with Crippen molar-refractivity contribution in [2.75, 3.05) is 7.11 Å². The fourth-order valence-corrected chi connectivity index (χ4v) is 4.24. The second kappa shape index (κ2) is 9.20. The predicted molar refractivity (Wildman–Crippen MR) is 116 cm³/mol. The molecule has 0 aliphatic carbocycles. The van der Waals surface area contributed by atoms with E-state index in [0.29, 0.717) is 5.75 Å². The molecule has 0 saturated carbocycles. The third kappa shape index (κ3) is 4.63. The molecule has 32 heavy (non-hydrogen) atoms. The molecule has 13 heteroatoms. The molecule has 166 valence electrons. The first-order chi connectivity index (χ1) is 15.1. The number of thiocarbonyl (C=S) groups is 1. The minimum absolute atomic E-state index is 0.0248. The lowest BCUT2D eigenvalue weighted by Gasteiger charge is -2.21. The van der Waals surface area contributed by atoms with Crippen molar-refractivity contribution in [3.8, 4) is 17.1 Å². The van der Waals surface area contributed by atoms with Gasteiger partial charge in [0.15, 0.2) is 0 Å². The maximum atomic E-state index is 12.7. The number of methoxy groups -OCH3 is 1. The maximum absolute atomic E-state index is 12.7. The molecule has 1 saturated heterocycles. The second-order valence-corrected chi connectivity index (χ2v) is 8.02. The Morgan fingerprint density at radius 3 is 2.66 bits per heavy atom. The molecule has 0 spiro atoms. The van der Waals surface area contributed by atoms with Crippen molar-refractivity contribution in [2.45, 2.75) is 12.5 Å². The number of nitro benzene ring substituents is 1. The molecule has 3 rings (SSSR count). The summed E-state index contributed by atoms with van der Waals surface area (Å²) in [5.74, 6) is -3.05. The summed E-state index contributed by atoms with van der Waals surface area (Å²) in [6.07, 6.45) is 0.485. The fraction of sp³-hybridized carbons (Fsp3) is 0.158. The van der Waals surface area contributed by atoms with Gasteiger partial charge in [0.05, 0.1) is 35.0 Å². The van der Waals surface area contributed by atoms with Gasteiger partial charge >= 0.3 is 11.9 Å². The van der Waals surface area contributed by atoms with Gasteiger partial charge in [0.1, 0.15) is 27.6 Å². The van der Waals surface area contributed by atoms with Crippen LogP contribution in [0.3, 0.4) is 0 Å². The van der Waals surface area contributed by atoms with Gasteiger partial charge in [0, 0.05) is 6.08 Å². The Morgan fingerprint density at radius 2 is 2.06 bits per heavy atom. The van der Waals surface area contributed by atoms with Gasteiger partial charge in [-0.3, -0.25) is 24.6 Å². The summed E-state index contributed by atoms with van der Waals surface area (Å²) in [5, 5.41) is 29.6. The third-order valence-corrected chi connectivity index (χ3v) is 5.69. The molecular weight excluding hydrogens is 464 g/mol. The minimum Gasteiger partial charge on any atom is -0.497 e. The van der Waals surface area contributed by atoms with Gasteiger partial charge in [-0.05, 0) is 24.3 Å². The highest BCUT2D eigenvalue weighted by Crippen LogP contribution is 2.37. The quantitative estimate of drug-likeness (QED) is 0.248. The summed E-state index contributed by atoms with van der Waals surface area (Å²) in [6.45, 7) is 0. The van der Waals surface area contributed by atoms with Gasteiger partial charge in [0.2, 0.25) is 0 Å². The van der Waals surface area contributed by atoms with E-state index in [0.717, 1.165) is 16.7 Å². The van der Waals surface area contributed by atoms with Gasteiger partial charge in [-0.15, -0.1) is 0 Å². The summed E-state index contributed by atoms with van der Waals surface area (Å²) >= 11 is 5.86. The van der Waals surface area contributed by atoms with Crippen LogP contribution in [0, 0.1) is 10.1 Å². The van der Waals surface area contributed by atoms with E-state index in [1.54, 1.807) is 0 Å². The van der Waals surface area contributed by atoms with Gasteiger partial charge < -0.3 is 19.4 Å². The molecule has 2 N–H and O–H groups in total. The molecule has 1 aliphatic heterocycles. The fourth-order valence-electron chi connectivity index (χ4n) is 2.91. The van der Waals surface area contributed by atoms with Crippen LogP contribution >= 0.6 is 24.0 Å². The number of furan rings is 1. The number of nitrogens with zero attached hydrogens (tertiary/aromatic N) is 2. The first-order valence-electron chi connectivity index (χ1n) is 8.76. The van der Waals surface area contributed by atoms with E-state index >= 15 is 0 Å². The highest BCUT2D eigenvalue weighted by Gasteiger charge is 2.41. The van der Waals surface area contributed by atoms with E-state index in [1.807, 2.05) is 0 Å². The Labute approximate surface area is 189 Å². The molecule has 1 atom stereocenters. The molecule has 11 nitrogen and oxygen atoms in total. The molecule has 1 amide bonds. The van der Waals surface area contributed by atoms with Gasteiger partial charge in [-0.25, -0.2) is 4.79 Å². The van der Waals surface area contributed by atoms with E-state index in [9.17, 15) is 29.6 Å². The molecule has 0 unspecified atom stereocenters. The van der Waals surface area contributed by atoms with Crippen LogP contribution in [0.4, 0.5) is 5.69 Å². The highest BCUT2D eigenvalue weighted by molar-refractivity contribution is 8.26. The number of aliphatic carboxylic acids is 2. The molecule has 1 aromatic carbocycles. The molecular formula is C19H14N2O9S2. The van der Waals surface area contributed by atoms with Crippen molar-refractivity contribution in [3.05, 3.63) is 51.1 Å². The van der Waals surface area contributed by atoms with Gasteiger partial charge in [-0.2, -0.15) is 0 Å². The van der Waals surface area contributed by atoms with E-state index in [-0.39, 0.29) is 32.0 Å². The molecule has 0 bridgehead atoms. The van der Waals surface area contributed by atoms with Crippen molar-refractivity contribution in [2.24, 2.45) is 0 Å². The van der Waals surface area contributed by atoms with Crippen LogP contribution in [0.15, 0.2) is 39.7 Å². The minimum atomic E-state index is -1.65. The zero-order chi connectivity index (χ0) is 23.6. The van der Waals surface area contributed by atoms with E-state index < -0.39 is 35.2 Å². The SMILES string of the molecule is COc1ccc(-c2ccc(/C=C3\SC(=S)N([C@H](CC(=O)O)C(=O)O)C3=O)o2)c([N+](=O)[O-])c1. The summed E-state index contributed by atoms with van der Waals surface area (Å²) in [7, 11) is 1.38. The Balaban J connectivity index is 1.91. The summed E-state index contributed by atoms with van der Waals surface area (Å²) in [5.41, 5.74) is -0.0510. The number of hydrogen-bond donors (Lipinski definition) is 2. The lowest BCUT2D eigenvalue weighted by atomic mass is 10.1. The highest BCUT2D eigenvalue weighted by atomic mass is 32.2. The van der Waals surface area contributed by atoms with Crippen molar-refractivity contribution in [3.63, 3.8) is 0 Å². The van der Waals surface area contributed by atoms with Crippen molar-refractivity contribution >= 4 is 57.9 Å². The molecule has 1 aliphatic rings. The Bertz CT molecular complexity index is 1170. The number of rotatable bonds is 8. The largest absolute Gasteiger partial charge is 0.497 e. The number of carboxylic acids is 2. The lowest BCUT2D eigenvalue weighted by molar-refractivity contribution is -0.384. The smallest absolute Gasteiger partial charge is 0.327 e. The number of thioether (sulfide) groups is 1. The molecule has 2 aromatic rings. The number of ether oxygens (including phenoxy) is 1. The summed E-state index contributed by atoms with van der Waals surface area (Å²) < 4.78 is 10.5.